The van der Waals surface area contributed by atoms with Crippen LogP contribution in [0.3, 0.4) is 0 Å². The number of aliphatic hydroxyl groups is 1. The van der Waals surface area contributed by atoms with Crippen molar-refractivity contribution in [2.75, 3.05) is 27.3 Å². The molecule has 1 amide bonds. The minimum absolute atomic E-state index is 0.0801. The number of aryl methyl sites for hydroxylation is 4. The lowest BCUT2D eigenvalue weighted by Gasteiger charge is -2.25. The molecule has 0 radical (unpaired) electrons. The third-order valence-corrected chi connectivity index (χ3v) is 7.19. The van der Waals surface area contributed by atoms with E-state index in [0.717, 1.165) is 39.2 Å². The number of aromatic nitrogens is 2. The van der Waals surface area contributed by atoms with Crippen molar-refractivity contribution in [2.45, 2.75) is 47.2 Å². The zero-order valence-corrected chi connectivity index (χ0v) is 24.9. The van der Waals surface area contributed by atoms with Gasteiger partial charge >= 0.3 is 5.69 Å². The SMILES string of the molecule is CCOc1cc2c(cc1OC)-c1cc(=Nc3c(C)cc(C)cc3C)n(CCNC(=O)/C(NN)=C(\O)NC)c(=O)n1CC2. The summed E-state index contributed by atoms with van der Waals surface area (Å²) >= 11 is 0. The Morgan fingerprint density at radius 1 is 1.12 bits per heavy atom. The quantitative estimate of drug-likeness (QED) is 0.106. The number of nitrogens with one attached hydrogen (secondary N) is 3. The number of nitrogens with two attached hydrogens (primary N) is 1. The number of nitrogens with zero attached hydrogens (tertiary/aromatic N) is 3. The highest BCUT2D eigenvalue weighted by Crippen LogP contribution is 2.37. The number of aliphatic hydroxyl groups excluding tert-OH is 1. The van der Waals surface area contributed by atoms with Crippen LogP contribution in [-0.2, 0) is 24.3 Å². The largest absolute Gasteiger partial charge is 0.493 e. The molecule has 2 aromatic carbocycles. The van der Waals surface area contributed by atoms with Gasteiger partial charge in [0.15, 0.2) is 17.2 Å². The van der Waals surface area contributed by atoms with Crippen LogP contribution < -0.4 is 42.6 Å². The van der Waals surface area contributed by atoms with Gasteiger partial charge in [0, 0.05) is 38.3 Å². The third kappa shape index (κ3) is 5.98. The zero-order chi connectivity index (χ0) is 30.6. The second-order valence-corrected chi connectivity index (χ2v) is 10.0. The topological polar surface area (TPSA) is 157 Å². The number of hydrazine groups is 1. The standard InChI is InChI=1S/C30H39N7O5/c1-7-42-24-14-20-8-10-36-22(21(20)15-23(24)41-6)16-25(34-26-18(3)12-17(2)13-19(26)4)37(30(36)40)11-9-33-29(39)27(35-31)28(38)32-5/h12-16,32,35,38H,7-11,31H2,1-6H3,(H,33,39)/b28-27+,34-25?. The number of amides is 1. The number of hydrogen-bond donors (Lipinski definition) is 5. The lowest BCUT2D eigenvalue weighted by molar-refractivity contribution is -0.118. The van der Waals surface area contributed by atoms with Crippen molar-refractivity contribution in [3.63, 3.8) is 0 Å². The van der Waals surface area contributed by atoms with E-state index in [1.165, 1.54) is 7.05 Å². The van der Waals surface area contributed by atoms with Crippen LogP contribution in [0.15, 0.2) is 51.7 Å². The molecule has 0 spiro atoms. The molecule has 0 atom stereocenters. The van der Waals surface area contributed by atoms with Gasteiger partial charge in [0.1, 0.15) is 5.49 Å². The van der Waals surface area contributed by atoms with Gasteiger partial charge in [-0.15, -0.1) is 0 Å². The first kappa shape index (κ1) is 30.3. The molecule has 224 valence electrons. The minimum atomic E-state index is -0.627. The Bertz CT molecular complexity index is 1650. The Morgan fingerprint density at radius 2 is 1.83 bits per heavy atom. The highest BCUT2D eigenvalue weighted by Gasteiger charge is 2.23. The summed E-state index contributed by atoms with van der Waals surface area (Å²) < 4.78 is 14.7. The summed E-state index contributed by atoms with van der Waals surface area (Å²) in [7, 11) is 3.05. The van der Waals surface area contributed by atoms with E-state index in [1.54, 1.807) is 16.2 Å². The van der Waals surface area contributed by atoms with Crippen molar-refractivity contribution in [1.29, 1.82) is 0 Å². The van der Waals surface area contributed by atoms with Crippen molar-refractivity contribution in [1.82, 2.24) is 25.2 Å². The van der Waals surface area contributed by atoms with Crippen molar-refractivity contribution in [3.8, 4) is 22.8 Å². The smallest absolute Gasteiger partial charge is 0.330 e. The first-order chi connectivity index (χ1) is 20.1. The van der Waals surface area contributed by atoms with Gasteiger partial charge in [-0.05, 0) is 62.9 Å². The van der Waals surface area contributed by atoms with Gasteiger partial charge < -0.3 is 30.6 Å². The molecule has 0 saturated carbocycles. The van der Waals surface area contributed by atoms with Crippen LogP contribution >= 0.6 is 0 Å². The van der Waals surface area contributed by atoms with Crippen LogP contribution in [0.5, 0.6) is 11.5 Å². The first-order valence-corrected chi connectivity index (χ1v) is 13.8. The maximum Gasteiger partial charge on any atom is 0.330 e. The fourth-order valence-electron chi connectivity index (χ4n) is 5.27. The van der Waals surface area contributed by atoms with E-state index in [0.29, 0.717) is 36.6 Å². The monoisotopic (exact) mass is 577 g/mol. The van der Waals surface area contributed by atoms with Gasteiger partial charge in [-0.1, -0.05) is 17.7 Å². The van der Waals surface area contributed by atoms with E-state index in [4.69, 9.17) is 20.3 Å². The summed E-state index contributed by atoms with van der Waals surface area (Å²) in [4.78, 5) is 31.6. The number of benzene rings is 2. The normalized spacial score (nSPS) is 13.1. The Labute approximate surface area is 244 Å². The molecule has 0 fully saturated rings. The maximum absolute atomic E-state index is 14.0. The average molecular weight is 578 g/mol. The van der Waals surface area contributed by atoms with Gasteiger partial charge in [-0.3, -0.25) is 19.8 Å². The number of carbonyl (C=O) groups is 1. The van der Waals surface area contributed by atoms with E-state index in [1.807, 2.05) is 45.9 Å². The Hall–Kier alpha value is -4.71. The van der Waals surface area contributed by atoms with Gasteiger partial charge in [0.05, 0.1) is 25.1 Å². The molecule has 12 heteroatoms. The Balaban J connectivity index is 1.86. The fourth-order valence-corrected chi connectivity index (χ4v) is 5.27. The van der Waals surface area contributed by atoms with E-state index in [2.05, 4.69) is 28.2 Å². The van der Waals surface area contributed by atoms with Crippen LogP contribution in [0.1, 0.15) is 29.2 Å². The highest BCUT2D eigenvalue weighted by molar-refractivity contribution is 5.93. The lowest BCUT2D eigenvalue weighted by Crippen LogP contribution is -2.45. The molecule has 4 rings (SSSR count). The fraction of sp³-hybridized carbons (Fsp3) is 0.367. The van der Waals surface area contributed by atoms with Gasteiger partial charge in [0.2, 0.25) is 5.88 Å². The molecule has 0 aliphatic carbocycles. The Kier molecular flexibility index (Phi) is 9.26. The van der Waals surface area contributed by atoms with E-state index in [-0.39, 0.29) is 24.5 Å². The summed E-state index contributed by atoms with van der Waals surface area (Å²) in [6, 6.07) is 9.89. The van der Waals surface area contributed by atoms with Crippen molar-refractivity contribution < 1.29 is 19.4 Å². The summed E-state index contributed by atoms with van der Waals surface area (Å²) in [5.41, 5.74) is 8.68. The number of hydrogen-bond acceptors (Lipinski definition) is 9. The maximum atomic E-state index is 14.0. The molecule has 0 saturated heterocycles. The predicted molar refractivity (Wildman–Crippen MR) is 160 cm³/mol. The molecule has 1 aliphatic heterocycles. The molecule has 2 heterocycles. The van der Waals surface area contributed by atoms with Crippen LogP contribution in [0.25, 0.3) is 11.3 Å². The predicted octanol–water partition coefficient (Wildman–Crippen LogP) is 1.96. The van der Waals surface area contributed by atoms with E-state index >= 15 is 0 Å². The molecule has 6 N–H and O–H groups in total. The number of ether oxygens (including phenoxy) is 2. The van der Waals surface area contributed by atoms with Crippen molar-refractivity contribution in [3.05, 3.63) is 80.1 Å². The molecular weight excluding hydrogens is 538 g/mol. The van der Waals surface area contributed by atoms with Gasteiger partial charge in [-0.2, -0.15) is 0 Å². The second-order valence-electron chi connectivity index (χ2n) is 10.0. The molecular formula is C30H39N7O5. The van der Waals surface area contributed by atoms with Crippen LogP contribution in [-0.4, -0.2) is 47.5 Å². The molecule has 1 aromatic heterocycles. The summed E-state index contributed by atoms with van der Waals surface area (Å²) in [5.74, 6) is 5.63. The van der Waals surface area contributed by atoms with Gasteiger partial charge in [-0.25, -0.2) is 9.79 Å². The first-order valence-electron chi connectivity index (χ1n) is 13.8. The highest BCUT2D eigenvalue weighted by atomic mass is 16.5. The van der Waals surface area contributed by atoms with Crippen molar-refractivity contribution in [2.24, 2.45) is 10.8 Å². The third-order valence-electron chi connectivity index (χ3n) is 7.19. The van der Waals surface area contributed by atoms with Crippen LogP contribution in [0.4, 0.5) is 5.69 Å². The summed E-state index contributed by atoms with van der Waals surface area (Å²) in [6.07, 6.45) is 0.634. The molecule has 12 nitrogen and oxygen atoms in total. The molecule has 42 heavy (non-hydrogen) atoms. The van der Waals surface area contributed by atoms with Crippen LogP contribution in [0.2, 0.25) is 0 Å². The lowest BCUT2D eigenvalue weighted by atomic mass is 9.97. The number of methoxy groups -OCH3 is 1. The summed E-state index contributed by atoms with van der Waals surface area (Å²) in [5, 5.41) is 15.1. The van der Waals surface area contributed by atoms with Gasteiger partial charge in [0.25, 0.3) is 5.91 Å². The van der Waals surface area contributed by atoms with Crippen molar-refractivity contribution >= 4 is 11.6 Å². The Morgan fingerprint density at radius 3 is 2.45 bits per heavy atom. The van der Waals surface area contributed by atoms with Crippen LogP contribution in [0, 0.1) is 20.8 Å². The molecule has 0 unspecified atom stereocenters. The second kappa shape index (κ2) is 12.9. The number of fused-ring (bicyclic) bond motifs is 3. The zero-order valence-electron chi connectivity index (χ0n) is 24.9. The van der Waals surface area contributed by atoms with E-state index < -0.39 is 11.8 Å². The summed E-state index contributed by atoms with van der Waals surface area (Å²) in [6.45, 7) is 9.12. The minimum Gasteiger partial charge on any atom is -0.493 e. The number of rotatable bonds is 10. The molecule has 1 aliphatic rings. The van der Waals surface area contributed by atoms with E-state index in [9.17, 15) is 14.7 Å². The average Bonchev–Trinajstić information content (AvgIpc) is 2.96. The number of carbonyl (C=O) groups excluding carboxylic acids is 1. The molecule has 3 aromatic rings. The molecule has 0 bridgehead atoms.